The van der Waals surface area contributed by atoms with Gasteiger partial charge in [-0.15, -0.1) is 0 Å². The van der Waals surface area contributed by atoms with Crippen molar-refractivity contribution < 1.29 is 18.7 Å². The molecule has 0 radical (unpaired) electrons. The van der Waals surface area contributed by atoms with Crippen molar-refractivity contribution in [3.63, 3.8) is 0 Å². The zero-order chi connectivity index (χ0) is 18.6. The third kappa shape index (κ3) is 4.60. The number of nitrogens with two attached hydrogens (primary N) is 1. The molecule has 0 spiro atoms. The van der Waals surface area contributed by atoms with E-state index in [-0.39, 0.29) is 17.1 Å². The highest BCUT2D eigenvalue weighted by atomic mass is 16.5. The summed E-state index contributed by atoms with van der Waals surface area (Å²) in [6.07, 6.45) is 2.06. The van der Waals surface area contributed by atoms with Gasteiger partial charge in [0.1, 0.15) is 5.76 Å². The van der Waals surface area contributed by atoms with Crippen molar-refractivity contribution in [3.8, 4) is 0 Å². The molecule has 1 aliphatic carbocycles. The molecular weight excluding hydrogens is 324 g/mol. The number of primary amides is 1. The van der Waals surface area contributed by atoms with Crippen LogP contribution in [-0.2, 0) is 11.2 Å². The van der Waals surface area contributed by atoms with Crippen LogP contribution in [0.3, 0.4) is 0 Å². The average Bonchev–Trinajstić information content (AvgIpc) is 2.84. The number of nitrogens with one attached hydrogen (secondary N) is 2. The lowest BCUT2D eigenvalue weighted by Gasteiger charge is -2.29. The molecule has 0 bridgehead atoms. The van der Waals surface area contributed by atoms with E-state index >= 15 is 0 Å². The summed E-state index contributed by atoms with van der Waals surface area (Å²) < 4.78 is 10.8. The second-order valence-corrected chi connectivity index (χ2v) is 7.01. The molecule has 4 N–H and O–H groups in total. The highest BCUT2D eigenvalue weighted by Crippen LogP contribution is 2.38. The average molecular weight is 350 g/mol. The highest BCUT2D eigenvalue weighted by molar-refractivity contribution is 6.07. The van der Waals surface area contributed by atoms with Gasteiger partial charge in [-0.2, -0.15) is 5.10 Å². The summed E-state index contributed by atoms with van der Waals surface area (Å²) in [5, 5.41) is 6.95. The standard InChI is InChI=1S/C17H26N4O4/c1-10-13-11(20-21-16(18)23)8-17(2,3)9-12(13)25-14(10)15(22)19-6-5-7-24-4/h5-9H2,1-4H3,(H,19,22)(H3,18,21,23)/b20-11-. The number of amides is 3. The smallest absolute Gasteiger partial charge is 0.332 e. The van der Waals surface area contributed by atoms with Gasteiger partial charge in [-0.05, 0) is 25.2 Å². The van der Waals surface area contributed by atoms with E-state index in [0.717, 1.165) is 17.5 Å². The lowest BCUT2D eigenvalue weighted by molar-refractivity contribution is 0.0917. The Morgan fingerprint density at radius 1 is 1.36 bits per heavy atom. The van der Waals surface area contributed by atoms with Gasteiger partial charge < -0.3 is 20.2 Å². The molecule has 1 aromatic rings. The summed E-state index contributed by atoms with van der Waals surface area (Å²) in [7, 11) is 1.62. The molecule has 1 aliphatic rings. The molecule has 0 saturated carbocycles. The number of furan rings is 1. The van der Waals surface area contributed by atoms with E-state index in [1.165, 1.54) is 0 Å². The first-order chi connectivity index (χ1) is 11.7. The first-order valence-electron chi connectivity index (χ1n) is 8.27. The number of ether oxygens (including phenoxy) is 1. The van der Waals surface area contributed by atoms with E-state index in [1.54, 1.807) is 7.11 Å². The van der Waals surface area contributed by atoms with Crippen molar-refractivity contribution in [2.24, 2.45) is 16.3 Å². The van der Waals surface area contributed by atoms with Crippen LogP contribution in [0.15, 0.2) is 9.52 Å². The Hall–Kier alpha value is -2.35. The molecule has 0 unspecified atom stereocenters. The summed E-state index contributed by atoms with van der Waals surface area (Å²) in [6, 6.07) is -0.727. The van der Waals surface area contributed by atoms with Crippen LogP contribution in [0.1, 0.15) is 54.1 Å². The van der Waals surface area contributed by atoms with E-state index in [9.17, 15) is 9.59 Å². The molecule has 1 heterocycles. The number of rotatable bonds is 6. The molecule has 3 amide bonds. The third-order valence-electron chi connectivity index (χ3n) is 4.11. The fourth-order valence-corrected chi connectivity index (χ4v) is 3.05. The maximum Gasteiger partial charge on any atom is 0.332 e. The SMILES string of the molecule is COCCCNC(=O)c1oc2c(c1C)/C(=N\NC(N)=O)CC(C)(C)C2. The number of hydrogen-bond acceptors (Lipinski definition) is 5. The molecule has 0 fully saturated rings. The monoisotopic (exact) mass is 350 g/mol. The van der Waals surface area contributed by atoms with Crippen LogP contribution in [0, 0.1) is 12.3 Å². The Labute approximate surface area is 147 Å². The highest BCUT2D eigenvalue weighted by Gasteiger charge is 2.36. The van der Waals surface area contributed by atoms with Crippen LogP contribution in [0.25, 0.3) is 0 Å². The molecule has 0 saturated heterocycles. The van der Waals surface area contributed by atoms with Crippen LogP contribution in [0.5, 0.6) is 0 Å². The fourth-order valence-electron chi connectivity index (χ4n) is 3.05. The molecule has 2 rings (SSSR count). The predicted molar refractivity (Wildman–Crippen MR) is 93.6 cm³/mol. The Balaban J connectivity index is 2.28. The molecule has 0 atom stereocenters. The second-order valence-electron chi connectivity index (χ2n) is 7.01. The normalized spacial score (nSPS) is 17.2. The molecule has 138 valence electrons. The van der Waals surface area contributed by atoms with Crippen LogP contribution in [0.4, 0.5) is 4.79 Å². The minimum atomic E-state index is -0.727. The van der Waals surface area contributed by atoms with E-state index in [0.29, 0.717) is 37.5 Å². The largest absolute Gasteiger partial charge is 0.455 e. The molecule has 0 aromatic carbocycles. The van der Waals surface area contributed by atoms with Crippen LogP contribution in [-0.4, -0.2) is 37.9 Å². The van der Waals surface area contributed by atoms with Gasteiger partial charge in [-0.1, -0.05) is 13.8 Å². The molecule has 0 aliphatic heterocycles. The first-order valence-corrected chi connectivity index (χ1v) is 8.27. The van der Waals surface area contributed by atoms with Crippen molar-refractivity contribution >= 4 is 17.6 Å². The van der Waals surface area contributed by atoms with Crippen molar-refractivity contribution in [1.29, 1.82) is 0 Å². The number of methoxy groups -OCH3 is 1. The Morgan fingerprint density at radius 3 is 2.72 bits per heavy atom. The third-order valence-corrected chi connectivity index (χ3v) is 4.11. The second kappa shape index (κ2) is 7.69. The van der Waals surface area contributed by atoms with E-state index < -0.39 is 6.03 Å². The molecule has 8 nitrogen and oxygen atoms in total. The maximum atomic E-state index is 12.4. The van der Waals surface area contributed by atoms with Gasteiger partial charge in [0.05, 0.1) is 5.71 Å². The molecule has 1 aromatic heterocycles. The molecule has 8 heteroatoms. The zero-order valence-electron chi connectivity index (χ0n) is 15.2. The van der Waals surface area contributed by atoms with Crippen LogP contribution >= 0.6 is 0 Å². The van der Waals surface area contributed by atoms with Crippen molar-refractivity contribution in [2.75, 3.05) is 20.3 Å². The lowest BCUT2D eigenvalue weighted by Crippen LogP contribution is -2.31. The summed E-state index contributed by atoms with van der Waals surface area (Å²) in [4.78, 5) is 23.4. The lowest BCUT2D eigenvalue weighted by atomic mass is 9.75. The minimum absolute atomic E-state index is 0.0956. The molecular formula is C17H26N4O4. The zero-order valence-corrected chi connectivity index (χ0v) is 15.2. The van der Waals surface area contributed by atoms with Crippen molar-refractivity contribution in [2.45, 2.75) is 40.0 Å². The summed E-state index contributed by atoms with van der Waals surface area (Å²) >= 11 is 0. The van der Waals surface area contributed by atoms with Gasteiger partial charge in [0.15, 0.2) is 5.76 Å². The number of urea groups is 1. The van der Waals surface area contributed by atoms with Gasteiger partial charge in [-0.3, -0.25) is 4.79 Å². The number of hydrazone groups is 1. The number of hydrogen-bond donors (Lipinski definition) is 3. The number of carbonyl (C=O) groups is 2. The quantitative estimate of drug-likeness (QED) is 0.534. The van der Waals surface area contributed by atoms with Crippen molar-refractivity contribution in [3.05, 3.63) is 22.6 Å². The Kier molecular flexibility index (Phi) is 5.84. The van der Waals surface area contributed by atoms with Gasteiger partial charge >= 0.3 is 6.03 Å². The first kappa shape index (κ1) is 19.0. The van der Waals surface area contributed by atoms with E-state index in [2.05, 4.69) is 29.7 Å². The minimum Gasteiger partial charge on any atom is -0.455 e. The van der Waals surface area contributed by atoms with Gasteiger partial charge in [0.25, 0.3) is 5.91 Å². The van der Waals surface area contributed by atoms with Gasteiger partial charge in [0, 0.05) is 37.8 Å². The molecule has 25 heavy (non-hydrogen) atoms. The van der Waals surface area contributed by atoms with Crippen LogP contribution < -0.4 is 16.5 Å². The summed E-state index contributed by atoms with van der Waals surface area (Å²) in [5.41, 5.74) is 9.48. The summed E-state index contributed by atoms with van der Waals surface area (Å²) in [5.74, 6) is 0.732. The van der Waals surface area contributed by atoms with Crippen LogP contribution in [0.2, 0.25) is 0 Å². The topological polar surface area (TPSA) is 119 Å². The Bertz CT molecular complexity index is 691. The number of nitrogens with zero attached hydrogens (tertiary/aromatic N) is 1. The predicted octanol–water partition coefficient (Wildman–Crippen LogP) is 1.70. The van der Waals surface area contributed by atoms with Gasteiger partial charge in [-0.25, -0.2) is 10.2 Å². The maximum absolute atomic E-state index is 12.4. The van der Waals surface area contributed by atoms with E-state index in [1.807, 2.05) is 6.92 Å². The summed E-state index contributed by atoms with van der Waals surface area (Å²) in [6.45, 7) is 7.07. The fraction of sp³-hybridized carbons (Fsp3) is 0.588. The van der Waals surface area contributed by atoms with Crippen molar-refractivity contribution in [1.82, 2.24) is 10.7 Å². The number of fused-ring (bicyclic) bond motifs is 1. The van der Waals surface area contributed by atoms with E-state index in [4.69, 9.17) is 14.9 Å². The Morgan fingerprint density at radius 2 is 2.08 bits per heavy atom. The van der Waals surface area contributed by atoms with Gasteiger partial charge in [0.2, 0.25) is 0 Å². The number of carbonyl (C=O) groups excluding carboxylic acids is 2.